The van der Waals surface area contributed by atoms with Crippen molar-refractivity contribution in [2.45, 2.75) is 19.3 Å². The van der Waals surface area contributed by atoms with Gasteiger partial charge in [0.05, 0.1) is 32.0 Å². The first-order valence-corrected chi connectivity index (χ1v) is 7.38. The number of ether oxygens (including phenoxy) is 3. The molecule has 0 spiro atoms. The molecule has 3 aromatic rings. The molecule has 4 rings (SSSR count). The van der Waals surface area contributed by atoms with Crippen molar-refractivity contribution in [3.63, 3.8) is 0 Å². The summed E-state index contributed by atoms with van der Waals surface area (Å²) in [5, 5.41) is 5.96. The highest BCUT2D eigenvalue weighted by atomic mass is 16.7. The zero-order valence-corrected chi connectivity index (χ0v) is 13.0. The lowest BCUT2D eigenvalue weighted by Gasteiger charge is -2.25. The Morgan fingerprint density at radius 3 is 2.83 bits per heavy atom. The third-order valence-corrected chi connectivity index (χ3v) is 3.96. The Morgan fingerprint density at radius 2 is 2.13 bits per heavy atom. The third-order valence-electron chi connectivity index (χ3n) is 3.96. The Labute approximate surface area is 132 Å². The first-order chi connectivity index (χ1) is 11.2. The lowest BCUT2D eigenvalue weighted by molar-refractivity contribution is -0.188. The van der Waals surface area contributed by atoms with E-state index in [1.807, 2.05) is 19.1 Å². The Morgan fingerprint density at radius 1 is 1.30 bits per heavy atom. The molecule has 120 valence electrons. The Kier molecular flexibility index (Phi) is 3.32. The average molecular weight is 315 g/mol. The van der Waals surface area contributed by atoms with E-state index in [1.54, 1.807) is 24.4 Å². The van der Waals surface area contributed by atoms with Crippen molar-refractivity contribution in [1.82, 2.24) is 14.8 Å². The highest BCUT2D eigenvalue weighted by Crippen LogP contribution is 2.42. The normalized spacial score (nSPS) is 17.0. The molecule has 0 atom stereocenters. The van der Waals surface area contributed by atoms with Crippen LogP contribution in [0.25, 0.3) is 10.8 Å². The van der Waals surface area contributed by atoms with Crippen molar-refractivity contribution in [2.75, 3.05) is 20.3 Å². The molecule has 7 heteroatoms. The zero-order chi connectivity index (χ0) is 15.9. The molecular weight excluding hydrogens is 298 g/mol. The van der Waals surface area contributed by atoms with Crippen LogP contribution in [0.2, 0.25) is 0 Å². The summed E-state index contributed by atoms with van der Waals surface area (Å²) < 4.78 is 24.9. The molecule has 0 amide bonds. The Bertz CT molecular complexity index is 819. The molecule has 23 heavy (non-hydrogen) atoms. The lowest BCUT2D eigenvalue weighted by atomic mass is 10.0. The predicted molar refractivity (Wildman–Crippen MR) is 81.1 cm³/mol. The van der Waals surface area contributed by atoms with Gasteiger partial charge in [0, 0.05) is 5.39 Å². The minimum atomic E-state index is -1.03. The maximum atomic E-state index is 5.94. The summed E-state index contributed by atoms with van der Waals surface area (Å²) in [7, 11) is 1.64. The average Bonchev–Trinajstić information content (AvgIpc) is 3.27. The molecule has 1 saturated heterocycles. The fourth-order valence-corrected chi connectivity index (χ4v) is 3.02. The Hall–Kier alpha value is -2.38. The number of nitrogens with zero attached hydrogens (tertiary/aromatic N) is 3. The molecule has 0 unspecified atom stereocenters. The maximum Gasteiger partial charge on any atom is 0.249 e. The lowest BCUT2D eigenvalue weighted by Crippen LogP contribution is -2.33. The molecule has 7 nitrogen and oxygen atoms in total. The van der Waals surface area contributed by atoms with Gasteiger partial charge in [-0.05, 0) is 24.6 Å². The smallest absolute Gasteiger partial charge is 0.249 e. The molecule has 0 saturated carbocycles. The van der Waals surface area contributed by atoms with Gasteiger partial charge in [-0.15, -0.1) is 0 Å². The molecule has 1 aliphatic rings. The molecule has 0 N–H and O–H groups in total. The summed E-state index contributed by atoms with van der Waals surface area (Å²) in [5.41, 5.74) is 1.10. The van der Waals surface area contributed by atoms with Crippen molar-refractivity contribution in [2.24, 2.45) is 0 Å². The van der Waals surface area contributed by atoms with Crippen LogP contribution in [0.5, 0.6) is 5.75 Å². The van der Waals surface area contributed by atoms with E-state index in [0.717, 1.165) is 22.1 Å². The predicted octanol–water partition coefficient (Wildman–Crippen LogP) is 2.24. The van der Waals surface area contributed by atoms with Crippen LogP contribution in [0.15, 0.2) is 35.5 Å². The van der Waals surface area contributed by atoms with Crippen LogP contribution >= 0.6 is 0 Å². The standard InChI is InChI=1S/C16H17N3O4/c1-11-5-12-7-21-15(14(12)13(6-11)20-2)16(22-3-4-23-16)8-19-10-17-9-18-19/h5-7,9-10H,3-4,8H2,1-2H3. The molecule has 1 aliphatic heterocycles. The number of aryl methyl sites for hydroxylation is 1. The largest absolute Gasteiger partial charge is 0.496 e. The first kappa shape index (κ1) is 14.2. The second-order valence-electron chi connectivity index (χ2n) is 5.54. The van der Waals surface area contributed by atoms with Crippen LogP contribution in [-0.2, 0) is 21.8 Å². The summed E-state index contributed by atoms with van der Waals surface area (Å²) in [4.78, 5) is 3.97. The second kappa shape index (κ2) is 5.36. The van der Waals surface area contributed by atoms with Gasteiger partial charge in [0.1, 0.15) is 24.9 Å². The van der Waals surface area contributed by atoms with Crippen LogP contribution < -0.4 is 4.74 Å². The second-order valence-corrected chi connectivity index (χ2v) is 5.54. The number of benzene rings is 1. The summed E-state index contributed by atoms with van der Waals surface area (Å²) in [6.45, 7) is 3.35. The number of hydrogen-bond acceptors (Lipinski definition) is 6. The molecule has 0 radical (unpaired) electrons. The number of furan rings is 1. The fourth-order valence-electron chi connectivity index (χ4n) is 3.02. The van der Waals surface area contributed by atoms with Gasteiger partial charge in [-0.1, -0.05) is 0 Å². The number of methoxy groups -OCH3 is 1. The van der Waals surface area contributed by atoms with E-state index in [-0.39, 0.29) is 0 Å². The van der Waals surface area contributed by atoms with Crippen molar-refractivity contribution in [3.05, 3.63) is 42.4 Å². The van der Waals surface area contributed by atoms with E-state index < -0.39 is 5.79 Å². The van der Waals surface area contributed by atoms with Crippen LogP contribution in [0.1, 0.15) is 11.3 Å². The summed E-state index contributed by atoms with van der Waals surface area (Å²) in [6.07, 6.45) is 4.81. The molecular formula is C16H17N3O4. The Balaban J connectivity index is 1.88. The van der Waals surface area contributed by atoms with E-state index in [2.05, 4.69) is 10.1 Å². The summed E-state index contributed by atoms with van der Waals surface area (Å²) >= 11 is 0. The van der Waals surface area contributed by atoms with Crippen LogP contribution in [-0.4, -0.2) is 35.1 Å². The van der Waals surface area contributed by atoms with Gasteiger partial charge in [-0.3, -0.25) is 0 Å². The van der Waals surface area contributed by atoms with Crippen LogP contribution in [0.4, 0.5) is 0 Å². The number of fused-ring (bicyclic) bond motifs is 1. The van der Waals surface area contributed by atoms with Gasteiger partial charge in [0.2, 0.25) is 5.79 Å². The van der Waals surface area contributed by atoms with E-state index in [0.29, 0.717) is 25.5 Å². The fraction of sp³-hybridized carbons (Fsp3) is 0.375. The summed E-state index contributed by atoms with van der Waals surface area (Å²) in [5.74, 6) is 0.302. The summed E-state index contributed by atoms with van der Waals surface area (Å²) in [6, 6.07) is 4.02. The van der Waals surface area contributed by atoms with Gasteiger partial charge >= 0.3 is 0 Å². The van der Waals surface area contributed by atoms with E-state index >= 15 is 0 Å². The van der Waals surface area contributed by atoms with Crippen molar-refractivity contribution >= 4 is 10.8 Å². The van der Waals surface area contributed by atoms with E-state index in [9.17, 15) is 0 Å². The van der Waals surface area contributed by atoms with Crippen LogP contribution in [0.3, 0.4) is 0 Å². The number of aromatic nitrogens is 3. The molecule has 0 bridgehead atoms. The van der Waals surface area contributed by atoms with E-state index in [1.165, 1.54) is 6.33 Å². The minimum absolute atomic E-state index is 0.354. The van der Waals surface area contributed by atoms with E-state index in [4.69, 9.17) is 18.6 Å². The third kappa shape index (κ3) is 2.29. The monoisotopic (exact) mass is 315 g/mol. The first-order valence-electron chi connectivity index (χ1n) is 7.38. The topological polar surface area (TPSA) is 71.5 Å². The van der Waals surface area contributed by atoms with Gasteiger partial charge in [-0.25, -0.2) is 9.67 Å². The SMILES string of the molecule is COc1cc(C)cc2coc(C3(Cn4cncn4)OCCO3)c12. The van der Waals surface area contributed by atoms with Gasteiger partial charge in [-0.2, -0.15) is 5.10 Å². The zero-order valence-electron chi connectivity index (χ0n) is 13.0. The molecule has 0 aliphatic carbocycles. The highest BCUT2D eigenvalue weighted by molar-refractivity contribution is 5.91. The molecule has 1 fully saturated rings. The number of rotatable bonds is 4. The van der Waals surface area contributed by atoms with Crippen molar-refractivity contribution in [1.29, 1.82) is 0 Å². The number of hydrogen-bond donors (Lipinski definition) is 0. The highest BCUT2D eigenvalue weighted by Gasteiger charge is 2.44. The maximum absolute atomic E-state index is 5.94. The van der Waals surface area contributed by atoms with Crippen LogP contribution in [0, 0.1) is 6.92 Å². The molecule has 3 heterocycles. The van der Waals surface area contributed by atoms with Crippen molar-refractivity contribution < 1.29 is 18.6 Å². The van der Waals surface area contributed by atoms with Gasteiger partial charge in [0.25, 0.3) is 0 Å². The quantitative estimate of drug-likeness (QED) is 0.735. The molecule has 1 aromatic carbocycles. The van der Waals surface area contributed by atoms with Gasteiger partial charge in [0.15, 0.2) is 5.76 Å². The van der Waals surface area contributed by atoms with Crippen molar-refractivity contribution in [3.8, 4) is 5.75 Å². The molecule has 2 aromatic heterocycles. The van der Waals surface area contributed by atoms with Gasteiger partial charge < -0.3 is 18.6 Å². The minimum Gasteiger partial charge on any atom is -0.496 e.